The van der Waals surface area contributed by atoms with Crippen LogP contribution in [0.3, 0.4) is 0 Å². The summed E-state index contributed by atoms with van der Waals surface area (Å²) in [5, 5.41) is 20.8. The topological polar surface area (TPSA) is 66.6 Å². The molecule has 1 aromatic carbocycles. The monoisotopic (exact) mass is 264 g/mol. The molecular formula is C14H20N2O3. The Morgan fingerprint density at radius 3 is 2.89 bits per heavy atom. The van der Waals surface area contributed by atoms with Crippen LogP contribution in [0.5, 0.6) is 0 Å². The standard InChI is InChI=1S/C14H20N2O3/c1-2-11-9-15(8-7-14(11)17)10-12-5-3-4-6-13(12)16(18)19/h3-6,11,14,17H,2,7-10H2,1H3. The predicted octanol–water partition coefficient (Wildman–Crippen LogP) is 2.19. The maximum atomic E-state index is 11.0. The average molecular weight is 264 g/mol. The van der Waals surface area contributed by atoms with E-state index in [4.69, 9.17) is 0 Å². The second-order valence-corrected chi connectivity index (χ2v) is 5.15. The highest BCUT2D eigenvalue weighted by Crippen LogP contribution is 2.24. The van der Waals surface area contributed by atoms with Crippen molar-refractivity contribution in [3.05, 3.63) is 39.9 Å². The molecule has 19 heavy (non-hydrogen) atoms. The van der Waals surface area contributed by atoms with Gasteiger partial charge in [0.15, 0.2) is 0 Å². The van der Waals surface area contributed by atoms with Gasteiger partial charge in [0.05, 0.1) is 11.0 Å². The van der Waals surface area contributed by atoms with Crippen LogP contribution in [0.1, 0.15) is 25.3 Å². The second-order valence-electron chi connectivity index (χ2n) is 5.15. The lowest BCUT2D eigenvalue weighted by Gasteiger charge is -2.35. The van der Waals surface area contributed by atoms with E-state index in [0.29, 0.717) is 6.54 Å². The van der Waals surface area contributed by atoms with E-state index >= 15 is 0 Å². The molecule has 1 N–H and O–H groups in total. The number of nitro benzene ring substituents is 1. The van der Waals surface area contributed by atoms with Crippen molar-refractivity contribution in [1.82, 2.24) is 4.90 Å². The molecule has 5 heteroatoms. The Labute approximate surface area is 113 Å². The van der Waals surface area contributed by atoms with Crippen LogP contribution >= 0.6 is 0 Å². The van der Waals surface area contributed by atoms with Crippen molar-refractivity contribution in [2.45, 2.75) is 32.4 Å². The van der Waals surface area contributed by atoms with Crippen molar-refractivity contribution < 1.29 is 10.0 Å². The third kappa shape index (κ3) is 3.30. The Balaban J connectivity index is 2.07. The molecule has 0 aliphatic carbocycles. The minimum Gasteiger partial charge on any atom is -0.393 e. The van der Waals surface area contributed by atoms with Gasteiger partial charge in [0, 0.05) is 31.3 Å². The summed E-state index contributed by atoms with van der Waals surface area (Å²) in [6, 6.07) is 6.88. The summed E-state index contributed by atoms with van der Waals surface area (Å²) in [7, 11) is 0. The van der Waals surface area contributed by atoms with E-state index in [9.17, 15) is 15.2 Å². The molecule has 0 spiro atoms. The first-order valence-corrected chi connectivity index (χ1v) is 6.74. The van der Waals surface area contributed by atoms with Crippen molar-refractivity contribution in [2.75, 3.05) is 13.1 Å². The molecule has 0 radical (unpaired) electrons. The van der Waals surface area contributed by atoms with Gasteiger partial charge in [-0.2, -0.15) is 0 Å². The van der Waals surface area contributed by atoms with Gasteiger partial charge in [-0.1, -0.05) is 25.1 Å². The van der Waals surface area contributed by atoms with Crippen molar-refractivity contribution in [2.24, 2.45) is 5.92 Å². The van der Waals surface area contributed by atoms with Gasteiger partial charge in [0.2, 0.25) is 0 Å². The molecule has 2 rings (SSSR count). The SMILES string of the molecule is CCC1CN(Cc2ccccc2[N+](=O)[O-])CCC1O. The van der Waals surface area contributed by atoms with Gasteiger partial charge in [-0.3, -0.25) is 15.0 Å². The molecule has 2 atom stereocenters. The summed E-state index contributed by atoms with van der Waals surface area (Å²) in [6.45, 7) is 4.26. The molecule has 1 aliphatic rings. The van der Waals surface area contributed by atoms with Crippen LogP contribution in [-0.4, -0.2) is 34.1 Å². The minimum absolute atomic E-state index is 0.182. The molecule has 1 saturated heterocycles. The van der Waals surface area contributed by atoms with E-state index in [-0.39, 0.29) is 22.6 Å². The third-order valence-corrected chi connectivity index (χ3v) is 3.88. The molecule has 1 fully saturated rings. The molecule has 5 nitrogen and oxygen atoms in total. The number of aliphatic hydroxyl groups excluding tert-OH is 1. The Morgan fingerprint density at radius 2 is 2.21 bits per heavy atom. The highest BCUT2D eigenvalue weighted by atomic mass is 16.6. The molecule has 1 aromatic rings. The number of para-hydroxylation sites is 1. The fourth-order valence-corrected chi connectivity index (χ4v) is 2.70. The van der Waals surface area contributed by atoms with Crippen molar-refractivity contribution in [1.29, 1.82) is 0 Å². The number of hydrogen-bond acceptors (Lipinski definition) is 4. The third-order valence-electron chi connectivity index (χ3n) is 3.88. The smallest absolute Gasteiger partial charge is 0.273 e. The summed E-state index contributed by atoms with van der Waals surface area (Å²) in [6.07, 6.45) is 1.46. The van der Waals surface area contributed by atoms with E-state index in [1.807, 2.05) is 12.1 Å². The van der Waals surface area contributed by atoms with Gasteiger partial charge in [0.25, 0.3) is 5.69 Å². The first kappa shape index (κ1) is 14.0. The Bertz CT molecular complexity index is 450. The van der Waals surface area contributed by atoms with Crippen molar-refractivity contribution in [3.8, 4) is 0 Å². The number of benzene rings is 1. The highest BCUT2D eigenvalue weighted by molar-refractivity contribution is 5.39. The maximum Gasteiger partial charge on any atom is 0.273 e. The molecule has 0 bridgehead atoms. The number of likely N-dealkylation sites (tertiary alicyclic amines) is 1. The van der Waals surface area contributed by atoms with Crippen LogP contribution in [0.15, 0.2) is 24.3 Å². The van der Waals surface area contributed by atoms with Gasteiger partial charge < -0.3 is 5.11 Å². The van der Waals surface area contributed by atoms with Crippen LogP contribution in [-0.2, 0) is 6.54 Å². The van der Waals surface area contributed by atoms with Crippen LogP contribution in [0.25, 0.3) is 0 Å². The summed E-state index contributed by atoms with van der Waals surface area (Å²) in [4.78, 5) is 12.9. The molecule has 0 saturated carbocycles. The Hall–Kier alpha value is -1.46. The minimum atomic E-state index is -0.328. The molecule has 0 amide bonds. The van der Waals surface area contributed by atoms with E-state index < -0.39 is 0 Å². The fraction of sp³-hybridized carbons (Fsp3) is 0.571. The Kier molecular flexibility index (Phi) is 4.50. The van der Waals surface area contributed by atoms with Gasteiger partial charge in [-0.05, 0) is 18.8 Å². The van der Waals surface area contributed by atoms with Gasteiger partial charge >= 0.3 is 0 Å². The molecule has 1 aliphatic heterocycles. The Morgan fingerprint density at radius 1 is 1.47 bits per heavy atom. The van der Waals surface area contributed by atoms with Crippen LogP contribution < -0.4 is 0 Å². The normalized spacial score (nSPS) is 24.3. The summed E-state index contributed by atoms with van der Waals surface area (Å²) < 4.78 is 0. The number of rotatable bonds is 4. The first-order chi connectivity index (χ1) is 9.11. The maximum absolute atomic E-state index is 11.0. The van der Waals surface area contributed by atoms with Crippen LogP contribution in [0, 0.1) is 16.0 Å². The van der Waals surface area contributed by atoms with Crippen LogP contribution in [0.4, 0.5) is 5.69 Å². The largest absolute Gasteiger partial charge is 0.393 e. The number of piperidine rings is 1. The van der Waals surface area contributed by atoms with Gasteiger partial charge in [-0.25, -0.2) is 0 Å². The zero-order valence-corrected chi connectivity index (χ0v) is 11.2. The zero-order valence-electron chi connectivity index (χ0n) is 11.2. The van der Waals surface area contributed by atoms with Crippen molar-refractivity contribution >= 4 is 5.69 Å². The van der Waals surface area contributed by atoms with E-state index in [1.54, 1.807) is 12.1 Å². The number of nitro groups is 1. The number of aliphatic hydroxyl groups is 1. The van der Waals surface area contributed by atoms with Gasteiger partial charge in [0.1, 0.15) is 0 Å². The van der Waals surface area contributed by atoms with E-state index in [0.717, 1.165) is 31.5 Å². The lowest BCUT2D eigenvalue weighted by atomic mass is 9.92. The second kappa shape index (κ2) is 6.12. The molecule has 0 aromatic heterocycles. The summed E-state index contributed by atoms with van der Waals surface area (Å²) in [5.41, 5.74) is 0.931. The van der Waals surface area contributed by atoms with Gasteiger partial charge in [-0.15, -0.1) is 0 Å². The van der Waals surface area contributed by atoms with Crippen molar-refractivity contribution in [3.63, 3.8) is 0 Å². The lowest BCUT2D eigenvalue weighted by molar-refractivity contribution is -0.385. The molecule has 104 valence electrons. The first-order valence-electron chi connectivity index (χ1n) is 6.74. The number of nitrogens with zero attached hydrogens (tertiary/aromatic N) is 2. The van der Waals surface area contributed by atoms with Crippen LogP contribution in [0.2, 0.25) is 0 Å². The zero-order chi connectivity index (χ0) is 13.8. The number of hydrogen-bond donors (Lipinski definition) is 1. The molecular weight excluding hydrogens is 244 g/mol. The quantitative estimate of drug-likeness (QED) is 0.668. The summed E-state index contributed by atoms with van der Waals surface area (Å²) in [5.74, 6) is 0.275. The molecule has 2 unspecified atom stereocenters. The lowest BCUT2D eigenvalue weighted by Crippen LogP contribution is -2.42. The molecule has 1 heterocycles. The highest BCUT2D eigenvalue weighted by Gasteiger charge is 2.27. The average Bonchev–Trinajstić information content (AvgIpc) is 2.41. The summed E-state index contributed by atoms with van der Waals surface area (Å²) >= 11 is 0. The predicted molar refractivity (Wildman–Crippen MR) is 72.8 cm³/mol. The fourth-order valence-electron chi connectivity index (χ4n) is 2.70. The van der Waals surface area contributed by atoms with E-state index in [1.165, 1.54) is 0 Å². The van der Waals surface area contributed by atoms with E-state index in [2.05, 4.69) is 11.8 Å².